The van der Waals surface area contributed by atoms with Gasteiger partial charge in [0.15, 0.2) is 5.69 Å². The van der Waals surface area contributed by atoms with Crippen LogP contribution in [0.3, 0.4) is 0 Å². The first-order valence-corrected chi connectivity index (χ1v) is 7.66. The van der Waals surface area contributed by atoms with Gasteiger partial charge in [-0.25, -0.2) is 18.2 Å². The molecule has 0 aliphatic rings. The third kappa shape index (κ3) is 3.11. The molecule has 1 amide bonds. The van der Waals surface area contributed by atoms with Crippen LogP contribution in [0.5, 0.6) is 0 Å². The van der Waals surface area contributed by atoms with E-state index in [-0.39, 0.29) is 10.8 Å². The molecule has 1 heterocycles. The Balaban J connectivity index is 2.41. The first-order valence-electron chi connectivity index (χ1n) is 6.11. The summed E-state index contributed by atoms with van der Waals surface area (Å²) in [5, 5.41) is 9.29. The van der Waals surface area contributed by atoms with Crippen molar-refractivity contribution in [3.05, 3.63) is 41.7 Å². The average Bonchev–Trinajstić information content (AvgIpc) is 2.79. The van der Waals surface area contributed by atoms with E-state index in [2.05, 4.69) is 5.10 Å². The first kappa shape index (κ1) is 15.2. The molecule has 0 fully saturated rings. The molecule has 8 heteroatoms. The minimum absolute atomic E-state index is 0.0284. The van der Waals surface area contributed by atoms with Crippen LogP contribution in [-0.2, 0) is 10.0 Å². The zero-order valence-corrected chi connectivity index (χ0v) is 12.8. The van der Waals surface area contributed by atoms with Crippen LogP contribution in [0.1, 0.15) is 16.2 Å². The molecule has 0 saturated carbocycles. The minimum Gasteiger partial charge on any atom is -0.343 e. The predicted octanol–water partition coefficient (Wildman–Crippen LogP) is 0.530. The molecular formula is C13H16N4O3S. The first-order chi connectivity index (χ1) is 9.70. The number of nitrogens with two attached hydrogens (primary N) is 1. The zero-order chi connectivity index (χ0) is 15.8. The van der Waals surface area contributed by atoms with Gasteiger partial charge in [-0.1, -0.05) is 0 Å². The summed E-state index contributed by atoms with van der Waals surface area (Å²) >= 11 is 0. The molecule has 1 aromatic carbocycles. The number of nitrogens with zero attached hydrogens (tertiary/aromatic N) is 3. The van der Waals surface area contributed by atoms with Gasteiger partial charge in [0.25, 0.3) is 5.91 Å². The third-order valence-electron chi connectivity index (χ3n) is 2.92. The highest BCUT2D eigenvalue weighted by molar-refractivity contribution is 7.89. The van der Waals surface area contributed by atoms with Gasteiger partial charge in [-0.05, 0) is 37.3 Å². The summed E-state index contributed by atoms with van der Waals surface area (Å²) < 4.78 is 24.0. The Labute approximate surface area is 123 Å². The highest BCUT2D eigenvalue weighted by atomic mass is 32.2. The van der Waals surface area contributed by atoms with E-state index >= 15 is 0 Å². The fourth-order valence-electron chi connectivity index (χ4n) is 1.85. The minimum atomic E-state index is -3.72. The Morgan fingerprint density at radius 3 is 2.29 bits per heavy atom. The lowest BCUT2D eigenvalue weighted by Crippen LogP contribution is -2.22. The van der Waals surface area contributed by atoms with E-state index in [1.807, 2.05) is 6.92 Å². The van der Waals surface area contributed by atoms with Crippen molar-refractivity contribution in [1.29, 1.82) is 0 Å². The fourth-order valence-corrected chi connectivity index (χ4v) is 2.36. The molecule has 0 radical (unpaired) electrons. The van der Waals surface area contributed by atoms with E-state index in [0.29, 0.717) is 11.4 Å². The van der Waals surface area contributed by atoms with Crippen LogP contribution >= 0.6 is 0 Å². The lowest BCUT2D eigenvalue weighted by molar-refractivity contribution is 0.0821. The van der Waals surface area contributed by atoms with Gasteiger partial charge in [0.05, 0.1) is 10.6 Å². The Hall–Kier alpha value is -2.19. The summed E-state index contributed by atoms with van der Waals surface area (Å²) in [6, 6.07) is 7.65. The number of benzene rings is 1. The van der Waals surface area contributed by atoms with E-state index in [1.54, 1.807) is 37.0 Å². The SMILES string of the molecule is Cc1cc(C(=O)N(C)C)nn1-c1ccc(S(N)(=O)=O)cc1. The van der Waals surface area contributed by atoms with Crippen LogP contribution in [0.25, 0.3) is 5.69 Å². The molecule has 21 heavy (non-hydrogen) atoms. The number of hydrogen-bond acceptors (Lipinski definition) is 4. The van der Waals surface area contributed by atoms with Crippen molar-refractivity contribution in [3.63, 3.8) is 0 Å². The topological polar surface area (TPSA) is 98.3 Å². The monoisotopic (exact) mass is 308 g/mol. The smallest absolute Gasteiger partial charge is 0.273 e. The van der Waals surface area contributed by atoms with Crippen LogP contribution in [-0.4, -0.2) is 43.1 Å². The molecule has 1 aromatic heterocycles. The lowest BCUT2D eigenvalue weighted by atomic mass is 10.3. The van der Waals surface area contributed by atoms with Crippen molar-refractivity contribution in [1.82, 2.24) is 14.7 Å². The van der Waals surface area contributed by atoms with E-state index in [9.17, 15) is 13.2 Å². The quantitative estimate of drug-likeness (QED) is 0.894. The summed E-state index contributed by atoms with van der Waals surface area (Å²) in [5.41, 5.74) is 1.74. The maximum absolute atomic E-state index is 11.9. The van der Waals surface area contributed by atoms with Gasteiger partial charge >= 0.3 is 0 Å². The molecule has 0 unspecified atom stereocenters. The molecule has 0 atom stereocenters. The van der Waals surface area contributed by atoms with Crippen molar-refractivity contribution >= 4 is 15.9 Å². The molecule has 0 bridgehead atoms. The van der Waals surface area contributed by atoms with Crippen LogP contribution in [0, 0.1) is 6.92 Å². The summed E-state index contributed by atoms with van der Waals surface area (Å²) in [5.74, 6) is -0.196. The second-order valence-electron chi connectivity index (χ2n) is 4.82. The summed E-state index contributed by atoms with van der Waals surface area (Å²) in [6.45, 7) is 1.81. The number of hydrogen-bond donors (Lipinski definition) is 1. The van der Waals surface area contributed by atoms with Crippen LogP contribution in [0.15, 0.2) is 35.2 Å². The van der Waals surface area contributed by atoms with Crippen molar-refractivity contribution in [2.45, 2.75) is 11.8 Å². The van der Waals surface area contributed by atoms with Crippen LogP contribution < -0.4 is 5.14 Å². The number of carbonyl (C=O) groups excluding carboxylic acids is 1. The summed E-state index contributed by atoms with van der Waals surface area (Å²) in [4.78, 5) is 13.4. The van der Waals surface area contributed by atoms with Gasteiger partial charge in [-0.2, -0.15) is 5.10 Å². The molecule has 112 valence electrons. The Bertz CT molecular complexity index is 776. The zero-order valence-electron chi connectivity index (χ0n) is 11.9. The Morgan fingerprint density at radius 1 is 1.24 bits per heavy atom. The van der Waals surface area contributed by atoms with E-state index in [0.717, 1.165) is 5.69 Å². The van der Waals surface area contributed by atoms with Crippen molar-refractivity contribution in [2.24, 2.45) is 5.14 Å². The number of sulfonamides is 1. The van der Waals surface area contributed by atoms with Gasteiger partial charge in [0.2, 0.25) is 10.0 Å². The second-order valence-corrected chi connectivity index (χ2v) is 6.38. The van der Waals surface area contributed by atoms with E-state index in [1.165, 1.54) is 17.0 Å². The largest absolute Gasteiger partial charge is 0.343 e. The number of primary sulfonamides is 1. The molecule has 7 nitrogen and oxygen atoms in total. The molecule has 0 saturated heterocycles. The lowest BCUT2D eigenvalue weighted by Gasteiger charge is -2.07. The Kier molecular flexibility index (Phi) is 3.84. The van der Waals surface area contributed by atoms with Gasteiger partial charge in [0.1, 0.15) is 0 Å². The number of rotatable bonds is 3. The predicted molar refractivity (Wildman–Crippen MR) is 77.7 cm³/mol. The van der Waals surface area contributed by atoms with Gasteiger partial charge < -0.3 is 4.90 Å². The van der Waals surface area contributed by atoms with Gasteiger partial charge in [-0.3, -0.25) is 4.79 Å². The van der Waals surface area contributed by atoms with Crippen LogP contribution in [0.2, 0.25) is 0 Å². The second kappa shape index (κ2) is 5.30. The van der Waals surface area contributed by atoms with Crippen molar-refractivity contribution < 1.29 is 13.2 Å². The Morgan fingerprint density at radius 2 is 1.81 bits per heavy atom. The highest BCUT2D eigenvalue weighted by Gasteiger charge is 2.15. The number of carbonyl (C=O) groups is 1. The standard InChI is InChI=1S/C13H16N4O3S/c1-9-8-12(13(18)16(2)3)15-17(9)10-4-6-11(7-5-10)21(14,19)20/h4-8H,1-3H3,(H2,14,19,20). The van der Waals surface area contributed by atoms with E-state index in [4.69, 9.17) is 5.14 Å². The molecule has 2 rings (SSSR count). The molecular weight excluding hydrogens is 292 g/mol. The van der Waals surface area contributed by atoms with Crippen LogP contribution in [0.4, 0.5) is 0 Å². The van der Waals surface area contributed by atoms with Gasteiger partial charge in [-0.15, -0.1) is 0 Å². The summed E-state index contributed by atoms with van der Waals surface area (Å²) in [7, 11) is -0.421. The highest BCUT2D eigenvalue weighted by Crippen LogP contribution is 2.15. The normalized spacial score (nSPS) is 11.4. The number of aryl methyl sites for hydroxylation is 1. The average molecular weight is 308 g/mol. The molecule has 0 aliphatic carbocycles. The fraction of sp³-hybridized carbons (Fsp3) is 0.231. The summed E-state index contributed by atoms with van der Waals surface area (Å²) in [6.07, 6.45) is 0. The molecule has 0 aliphatic heterocycles. The maximum Gasteiger partial charge on any atom is 0.273 e. The van der Waals surface area contributed by atoms with Gasteiger partial charge in [0, 0.05) is 19.8 Å². The van der Waals surface area contributed by atoms with E-state index < -0.39 is 10.0 Å². The maximum atomic E-state index is 11.9. The number of aromatic nitrogens is 2. The van der Waals surface area contributed by atoms with Crippen molar-refractivity contribution in [2.75, 3.05) is 14.1 Å². The molecule has 0 spiro atoms. The molecule has 2 aromatic rings. The molecule has 2 N–H and O–H groups in total. The third-order valence-corrected chi connectivity index (χ3v) is 3.85. The number of amides is 1. The van der Waals surface area contributed by atoms with Crippen molar-refractivity contribution in [3.8, 4) is 5.69 Å².